The van der Waals surface area contributed by atoms with E-state index >= 15 is 0 Å². The highest BCUT2D eigenvalue weighted by molar-refractivity contribution is 7.31. The molecule has 1 aromatic heterocycles. The van der Waals surface area contributed by atoms with Gasteiger partial charge in [-0.25, -0.2) is 0 Å². The zero-order valence-corrected chi connectivity index (χ0v) is 8.73. The normalized spacial score (nSPS) is 12.3. The molecular formula is C10H15OP. The summed E-state index contributed by atoms with van der Waals surface area (Å²) in [7, 11) is 1.18. The minimum absolute atomic E-state index is 0.172. The smallest absolute Gasteiger partial charge is 0.0724 e. The SMILES string of the molecule is CC(C)(C)c1cccc(CO)p1. The lowest BCUT2D eigenvalue weighted by Crippen LogP contribution is -2.08. The molecule has 0 saturated carbocycles. The first-order chi connectivity index (χ1) is 5.54. The summed E-state index contributed by atoms with van der Waals surface area (Å²) >= 11 is 0. The fraction of sp³-hybridized carbons (Fsp3) is 0.500. The molecule has 1 rings (SSSR count). The molecule has 1 heterocycles. The van der Waals surface area contributed by atoms with E-state index in [1.807, 2.05) is 12.1 Å². The van der Waals surface area contributed by atoms with Crippen molar-refractivity contribution in [1.82, 2.24) is 0 Å². The molecule has 0 bridgehead atoms. The maximum Gasteiger partial charge on any atom is 0.0724 e. The third-order valence-corrected chi connectivity index (χ3v) is 3.38. The van der Waals surface area contributed by atoms with Crippen molar-refractivity contribution in [3.63, 3.8) is 0 Å². The first-order valence-corrected chi connectivity index (χ1v) is 5.01. The van der Waals surface area contributed by atoms with Crippen LogP contribution in [0.1, 0.15) is 31.4 Å². The summed E-state index contributed by atoms with van der Waals surface area (Å²) in [6.07, 6.45) is 0. The van der Waals surface area contributed by atoms with Crippen LogP contribution in [0.2, 0.25) is 0 Å². The zero-order chi connectivity index (χ0) is 9.19. The molecule has 2 heteroatoms. The highest BCUT2D eigenvalue weighted by Gasteiger charge is 2.13. The molecule has 0 saturated heterocycles. The van der Waals surface area contributed by atoms with Crippen LogP contribution in [-0.4, -0.2) is 5.11 Å². The standard InChI is InChI=1S/C10H15OP/c1-10(2,3)9-6-4-5-8(7-11)12-9/h4-6,11H,7H2,1-3H3. The fourth-order valence-electron chi connectivity index (χ4n) is 0.985. The Labute approximate surface area is 75.5 Å². The number of rotatable bonds is 1. The molecule has 0 atom stereocenters. The van der Waals surface area contributed by atoms with Gasteiger partial charge in [0.05, 0.1) is 6.61 Å². The van der Waals surface area contributed by atoms with Crippen molar-refractivity contribution in [2.45, 2.75) is 32.8 Å². The van der Waals surface area contributed by atoms with Gasteiger partial charge in [0.1, 0.15) is 0 Å². The van der Waals surface area contributed by atoms with Crippen molar-refractivity contribution >= 4 is 8.19 Å². The summed E-state index contributed by atoms with van der Waals surface area (Å²) in [5, 5.41) is 11.4. The molecule has 0 aromatic carbocycles. The summed E-state index contributed by atoms with van der Waals surface area (Å²) in [5.41, 5.74) is 0.215. The molecule has 1 N–H and O–H groups in total. The Morgan fingerprint density at radius 1 is 1.33 bits per heavy atom. The lowest BCUT2D eigenvalue weighted by molar-refractivity contribution is 0.285. The summed E-state index contributed by atoms with van der Waals surface area (Å²) in [5.74, 6) is 0. The Kier molecular flexibility index (Phi) is 2.87. The van der Waals surface area contributed by atoms with Crippen molar-refractivity contribution in [2.24, 2.45) is 0 Å². The van der Waals surface area contributed by atoms with E-state index in [0.717, 1.165) is 5.30 Å². The van der Waals surface area contributed by atoms with Crippen molar-refractivity contribution in [1.29, 1.82) is 0 Å². The van der Waals surface area contributed by atoms with Crippen LogP contribution in [0.3, 0.4) is 0 Å². The summed E-state index contributed by atoms with van der Waals surface area (Å²) in [4.78, 5) is 0. The Bertz CT molecular complexity index is 263. The second-order valence-corrected chi connectivity index (χ2v) is 5.20. The van der Waals surface area contributed by atoms with Gasteiger partial charge in [0.25, 0.3) is 0 Å². The van der Waals surface area contributed by atoms with Crippen molar-refractivity contribution < 1.29 is 5.11 Å². The monoisotopic (exact) mass is 182 g/mol. The average Bonchev–Trinajstić information content (AvgIpc) is 2.03. The molecule has 12 heavy (non-hydrogen) atoms. The second-order valence-electron chi connectivity index (χ2n) is 3.92. The zero-order valence-electron chi connectivity index (χ0n) is 7.83. The first-order valence-electron chi connectivity index (χ1n) is 4.11. The van der Waals surface area contributed by atoms with Gasteiger partial charge in [-0.3, -0.25) is 0 Å². The van der Waals surface area contributed by atoms with Crippen LogP contribution in [0, 0.1) is 0 Å². The molecule has 1 nitrogen and oxygen atoms in total. The fourth-order valence-corrected chi connectivity index (χ4v) is 2.02. The predicted molar refractivity (Wildman–Crippen MR) is 53.6 cm³/mol. The molecule has 0 aliphatic rings. The van der Waals surface area contributed by atoms with Crippen LogP contribution in [0.5, 0.6) is 0 Å². The van der Waals surface area contributed by atoms with Gasteiger partial charge in [0.2, 0.25) is 0 Å². The van der Waals surface area contributed by atoms with Gasteiger partial charge in [0, 0.05) is 5.30 Å². The van der Waals surface area contributed by atoms with Crippen LogP contribution < -0.4 is 0 Å². The number of hydrogen-bond acceptors (Lipinski definition) is 1. The molecule has 1 aromatic rings. The third kappa shape index (κ3) is 2.30. The molecule has 0 aliphatic heterocycles. The van der Waals surface area contributed by atoms with E-state index in [0.29, 0.717) is 0 Å². The molecule has 66 valence electrons. The molecule has 0 unspecified atom stereocenters. The molecule has 0 aliphatic carbocycles. The molecule has 0 radical (unpaired) electrons. The van der Waals surface area contributed by atoms with Crippen LogP contribution in [0.4, 0.5) is 0 Å². The summed E-state index contributed by atoms with van der Waals surface area (Å²) < 4.78 is 0. The summed E-state index contributed by atoms with van der Waals surface area (Å²) in [6.45, 7) is 6.76. The number of hydrogen-bond donors (Lipinski definition) is 1. The van der Waals surface area contributed by atoms with E-state index in [1.54, 1.807) is 0 Å². The van der Waals surface area contributed by atoms with Crippen LogP contribution in [0.25, 0.3) is 0 Å². The Morgan fingerprint density at radius 3 is 2.50 bits per heavy atom. The maximum absolute atomic E-state index is 8.95. The maximum atomic E-state index is 8.95. The largest absolute Gasteiger partial charge is 0.391 e. The van der Waals surface area contributed by atoms with Gasteiger partial charge in [-0.05, 0) is 10.7 Å². The quantitative estimate of drug-likeness (QED) is 0.707. The van der Waals surface area contributed by atoms with E-state index < -0.39 is 0 Å². The van der Waals surface area contributed by atoms with Crippen molar-refractivity contribution in [3.8, 4) is 0 Å². The Morgan fingerprint density at radius 2 is 2.00 bits per heavy atom. The lowest BCUT2D eigenvalue weighted by atomic mass is 9.95. The highest BCUT2D eigenvalue weighted by Crippen LogP contribution is 2.31. The van der Waals surface area contributed by atoms with E-state index in [-0.39, 0.29) is 12.0 Å². The third-order valence-electron chi connectivity index (χ3n) is 1.74. The van der Waals surface area contributed by atoms with Gasteiger partial charge >= 0.3 is 0 Å². The summed E-state index contributed by atoms with van der Waals surface area (Å²) in [6, 6.07) is 6.14. The van der Waals surface area contributed by atoms with E-state index in [4.69, 9.17) is 5.11 Å². The van der Waals surface area contributed by atoms with E-state index in [2.05, 4.69) is 26.8 Å². The minimum Gasteiger partial charge on any atom is -0.391 e. The van der Waals surface area contributed by atoms with Crippen LogP contribution >= 0.6 is 8.19 Å². The molecular weight excluding hydrogens is 167 g/mol. The number of aliphatic hydroxyl groups is 1. The lowest BCUT2D eigenvalue weighted by Gasteiger charge is -2.18. The minimum atomic E-state index is 0.172. The predicted octanol–water partition coefficient (Wildman–Crippen LogP) is 3.06. The molecule has 0 spiro atoms. The Hall–Kier alpha value is -0.390. The number of aliphatic hydroxyl groups excluding tert-OH is 1. The second kappa shape index (κ2) is 3.55. The van der Waals surface area contributed by atoms with Gasteiger partial charge in [-0.2, -0.15) is 0 Å². The molecule has 0 fully saturated rings. The van der Waals surface area contributed by atoms with Crippen LogP contribution in [0.15, 0.2) is 18.2 Å². The van der Waals surface area contributed by atoms with E-state index in [1.165, 1.54) is 13.5 Å². The Balaban J connectivity index is 3.02. The molecule has 0 amide bonds. The van der Waals surface area contributed by atoms with Crippen molar-refractivity contribution in [2.75, 3.05) is 0 Å². The first kappa shape index (κ1) is 9.70. The van der Waals surface area contributed by atoms with Gasteiger partial charge in [0.15, 0.2) is 0 Å². The van der Waals surface area contributed by atoms with Crippen molar-refractivity contribution in [3.05, 3.63) is 28.8 Å². The van der Waals surface area contributed by atoms with Gasteiger partial charge in [-0.1, -0.05) is 47.2 Å². The van der Waals surface area contributed by atoms with Gasteiger partial charge < -0.3 is 5.11 Å². The average molecular weight is 182 g/mol. The van der Waals surface area contributed by atoms with Gasteiger partial charge in [-0.15, -0.1) is 0 Å². The highest BCUT2D eigenvalue weighted by atomic mass is 31.0. The van der Waals surface area contributed by atoms with Crippen LogP contribution in [-0.2, 0) is 12.0 Å². The van der Waals surface area contributed by atoms with E-state index in [9.17, 15) is 0 Å². The topological polar surface area (TPSA) is 20.2 Å².